The lowest BCUT2D eigenvalue weighted by Crippen LogP contribution is -2.23. The van der Waals surface area contributed by atoms with E-state index in [1.165, 1.54) is 22.1 Å². The Labute approximate surface area is 120 Å². The molecule has 0 aromatic heterocycles. The first-order chi connectivity index (χ1) is 8.58. The van der Waals surface area contributed by atoms with E-state index in [1.807, 2.05) is 0 Å². The van der Waals surface area contributed by atoms with Crippen LogP contribution in [0, 0.1) is 5.92 Å². The Morgan fingerprint density at radius 2 is 2.06 bits per heavy atom. The van der Waals surface area contributed by atoms with E-state index in [0.717, 1.165) is 25.6 Å². The van der Waals surface area contributed by atoms with Crippen molar-refractivity contribution in [3.05, 3.63) is 28.2 Å². The third-order valence-corrected chi connectivity index (χ3v) is 4.06. The Kier molecular flexibility index (Phi) is 6.72. The first kappa shape index (κ1) is 15.5. The van der Waals surface area contributed by atoms with E-state index in [0.29, 0.717) is 0 Å². The summed E-state index contributed by atoms with van der Waals surface area (Å²) < 4.78 is 1.19. The molecule has 1 rings (SSSR count). The molecule has 1 N–H and O–H groups in total. The zero-order valence-electron chi connectivity index (χ0n) is 12.0. The van der Waals surface area contributed by atoms with Crippen LogP contribution >= 0.6 is 15.9 Å². The smallest absolute Gasteiger partial charge is 0.0375 e. The number of benzene rings is 1. The average molecular weight is 313 g/mol. The summed E-state index contributed by atoms with van der Waals surface area (Å²) in [5, 5.41) is 3.35. The fourth-order valence-electron chi connectivity index (χ4n) is 1.88. The topological polar surface area (TPSA) is 15.3 Å². The number of hydrogen-bond acceptors (Lipinski definition) is 2. The molecule has 0 radical (unpaired) electrons. The van der Waals surface area contributed by atoms with Gasteiger partial charge in [0.25, 0.3) is 0 Å². The number of nitrogens with one attached hydrogen (secondary N) is 1. The summed E-state index contributed by atoms with van der Waals surface area (Å²) in [5.74, 6) is 0.732. The predicted molar refractivity (Wildman–Crippen MR) is 84.2 cm³/mol. The van der Waals surface area contributed by atoms with Gasteiger partial charge in [0.15, 0.2) is 0 Å². The molecule has 1 aromatic rings. The molecule has 0 spiro atoms. The second-order valence-corrected chi connectivity index (χ2v) is 5.80. The summed E-state index contributed by atoms with van der Waals surface area (Å²) in [5.41, 5.74) is 2.60. The number of hydrogen-bond donors (Lipinski definition) is 1. The monoisotopic (exact) mass is 312 g/mol. The Morgan fingerprint density at radius 3 is 2.61 bits per heavy atom. The number of halogens is 1. The highest BCUT2D eigenvalue weighted by atomic mass is 79.9. The Hall–Kier alpha value is -0.540. The molecule has 0 aliphatic heterocycles. The van der Waals surface area contributed by atoms with Crippen molar-refractivity contribution in [3.8, 4) is 0 Å². The van der Waals surface area contributed by atoms with E-state index < -0.39 is 0 Å². The summed E-state index contributed by atoms with van der Waals surface area (Å²) in [6.07, 6.45) is 1.23. The molecule has 0 saturated heterocycles. The largest absolute Gasteiger partial charge is 0.374 e. The lowest BCUT2D eigenvalue weighted by atomic mass is 10.1. The fraction of sp³-hybridized carbons (Fsp3) is 0.600. The van der Waals surface area contributed by atoms with Crippen LogP contribution in [0.25, 0.3) is 0 Å². The molecule has 0 amide bonds. The minimum Gasteiger partial charge on any atom is -0.374 e. The van der Waals surface area contributed by atoms with Crippen molar-refractivity contribution >= 4 is 21.6 Å². The Balaban J connectivity index is 2.70. The van der Waals surface area contributed by atoms with Gasteiger partial charge < -0.3 is 10.2 Å². The predicted octanol–water partition coefficient (Wildman–Crippen LogP) is 4.04. The van der Waals surface area contributed by atoms with Crippen LogP contribution in [-0.4, -0.2) is 20.1 Å². The average Bonchev–Trinajstić information content (AvgIpc) is 2.37. The molecule has 0 fully saturated rings. The minimum absolute atomic E-state index is 0.732. The van der Waals surface area contributed by atoms with Gasteiger partial charge in [-0.3, -0.25) is 0 Å². The molecule has 0 bridgehead atoms. The first-order valence-electron chi connectivity index (χ1n) is 6.78. The highest BCUT2D eigenvalue weighted by Gasteiger charge is 2.07. The van der Waals surface area contributed by atoms with Crippen molar-refractivity contribution in [1.29, 1.82) is 0 Å². The molecule has 0 saturated carbocycles. The third kappa shape index (κ3) is 4.62. The van der Waals surface area contributed by atoms with Gasteiger partial charge in [0, 0.05) is 30.3 Å². The molecule has 1 unspecified atom stereocenters. The van der Waals surface area contributed by atoms with Gasteiger partial charge in [-0.25, -0.2) is 0 Å². The second-order valence-electron chi connectivity index (χ2n) is 4.95. The molecular weight excluding hydrogens is 288 g/mol. The van der Waals surface area contributed by atoms with Crippen LogP contribution in [0.5, 0.6) is 0 Å². The van der Waals surface area contributed by atoms with Crippen molar-refractivity contribution in [2.75, 3.05) is 25.0 Å². The van der Waals surface area contributed by atoms with E-state index in [2.05, 4.69) is 72.2 Å². The number of nitrogens with zero attached hydrogens (tertiary/aromatic N) is 1. The van der Waals surface area contributed by atoms with Gasteiger partial charge in [-0.15, -0.1) is 0 Å². The van der Waals surface area contributed by atoms with Crippen molar-refractivity contribution in [3.63, 3.8) is 0 Å². The van der Waals surface area contributed by atoms with Crippen molar-refractivity contribution < 1.29 is 0 Å². The van der Waals surface area contributed by atoms with E-state index in [1.54, 1.807) is 0 Å². The molecule has 102 valence electrons. The van der Waals surface area contributed by atoms with Gasteiger partial charge in [-0.05, 0) is 30.2 Å². The zero-order chi connectivity index (χ0) is 13.5. The summed E-state index contributed by atoms with van der Waals surface area (Å²) in [6.45, 7) is 9.70. The minimum atomic E-state index is 0.732. The SMILES string of the molecule is CCNCc1ccc(N(C)CC(C)CC)cc1Br. The van der Waals surface area contributed by atoms with Gasteiger partial charge in [0.2, 0.25) is 0 Å². The van der Waals surface area contributed by atoms with Crippen LogP contribution in [0.15, 0.2) is 22.7 Å². The van der Waals surface area contributed by atoms with E-state index >= 15 is 0 Å². The Morgan fingerprint density at radius 1 is 1.33 bits per heavy atom. The van der Waals surface area contributed by atoms with Crippen molar-refractivity contribution in [1.82, 2.24) is 5.32 Å². The lowest BCUT2D eigenvalue weighted by Gasteiger charge is -2.23. The summed E-state index contributed by atoms with van der Waals surface area (Å²) >= 11 is 3.66. The molecule has 0 aliphatic rings. The standard InChI is InChI=1S/C15H25BrN2/c1-5-12(3)11-18(4)14-8-7-13(10-17-6-2)15(16)9-14/h7-9,12,17H,5-6,10-11H2,1-4H3. The third-order valence-electron chi connectivity index (χ3n) is 3.33. The maximum atomic E-state index is 3.66. The molecule has 2 nitrogen and oxygen atoms in total. The van der Waals surface area contributed by atoms with E-state index in [-0.39, 0.29) is 0 Å². The molecule has 1 aromatic carbocycles. The maximum absolute atomic E-state index is 3.66. The first-order valence-corrected chi connectivity index (χ1v) is 7.58. The maximum Gasteiger partial charge on any atom is 0.0375 e. The highest BCUT2D eigenvalue weighted by molar-refractivity contribution is 9.10. The molecule has 18 heavy (non-hydrogen) atoms. The molecule has 3 heteroatoms. The van der Waals surface area contributed by atoms with E-state index in [9.17, 15) is 0 Å². The summed E-state index contributed by atoms with van der Waals surface area (Å²) in [6, 6.07) is 6.63. The number of rotatable bonds is 7. The van der Waals surface area contributed by atoms with Gasteiger partial charge in [-0.1, -0.05) is 49.2 Å². The summed E-state index contributed by atoms with van der Waals surface area (Å²) in [4.78, 5) is 2.33. The van der Waals surface area contributed by atoms with Crippen LogP contribution in [0.2, 0.25) is 0 Å². The van der Waals surface area contributed by atoms with Gasteiger partial charge in [0.1, 0.15) is 0 Å². The summed E-state index contributed by atoms with van der Waals surface area (Å²) in [7, 11) is 2.16. The van der Waals surface area contributed by atoms with Crippen LogP contribution in [0.1, 0.15) is 32.8 Å². The Bertz CT molecular complexity index is 366. The van der Waals surface area contributed by atoms with Crippen molar-refractivity contribution in [2.45, 2.75) is 33.7 Å². The zero-order valence-corrected chi connectivity index (χ0v) is 13.5. The lowest BCUT2D eigenvalue weighted by molar-refractivity contribution is 0.560. The van der Waals surface area contributed by atoms with Crippen LogP contribution in [-0.2, 0) is 6.54 Å². The molecule has 1 atom stereocenters. The van der Waals surface area contributed by atoms with Crippen LogP contribution in [0.4, 0.5) is 5.69 Å². The molecule has 0 heterocycles. The second kappa shape index (κ2) is 7.80. The van der Waals surface area contributed by atoms with Crippen LogP contribution < -0.4 is 10.2 Å². The fourth-order valence-corrected chi connectivity index (χ4v) is 2.39. The quantitative estimate of drug-likeness (QED) is 0.817. The van der Waals surface area contributed by atoms with Crippen molar-refractivity contribution in [2.24, 2.45) is 5.92 Å². The molecular formula is C15H25BrN2. The van der Waals surface area contributed by atoms with Gasteiger partial charge in [0.05, 0.1) is 0 Å². The van der Waals surface area contributed by atoms with Gasteiger partial charge >= 0.3 is 0 Å². The molecule has 0 aliphatic carbocycles. The number of anilines is 1. The van der Waals surface area contributed by atoms with Crippen LogP contribution in [0.3, 0.4) is 0 Å². The van der Waals surface area contributed by atoms with E-state index in [4.69, 9.17) is 0 Å². The van der Waals surface area contributed by atoms with Gasteiger partial charge in [-0.2, -0.15) is 0 Å². The highest BCUT2D eigenvalue weighted by Crippen LogP contribution is 2.24. The normalized spacial score (nSPS) is 12.5.